The van der Waals surface area contributed by atoms with E-state index >= 15 is 0 Å². The average Bonchev–Trinajstić information content (AvgIpc) is 3.15. The van der Waals surface area contributed by atoms with Crippen molar-refractivity contribution in [2.45, 2.75) is 45.7 Å². The molecular formula is C20H28FN5S. The lowest BCUT2D eigenvalue weighted by molar-refractivity contribution is 0.467. The minimum absolute atomic E-state index is 0.188. The first-order valence-electron chi connectivity index (χ1n) is 9.66. The Bertz CT molecular complexity index is 760. The van der Waals surface area contributed by atoms with Crippen molar-refractivity contribution in [3.8, 4) is 0 Å². The third-order valence-electron chi connectivity index (χ3n) is 4.58. The number of hydrogen-bond donors (Lipinski definition) is 2. The maximum Gasteiger partial charge on any atom is 0.191 e. The van der Waals surface area contributed by atoms with E-state index in [-0.39, 0.29) is 11.9 Å². The zero-order valence-electron chi connectivity index (χ0n) is 16.0. The first-order chi connectivity index (χ1) is 13.2. The van der Waals surface area contributed by atoms with Crippen molar-refractivity contribution in [3.63, 3.8) is 0 Å². The number of rotatable bonds is 6. The molecule has 1 fully saturated rings. The summed E-state index contributed by atoms with van der Waals surface area (Å²) >= 11 is 1.69. The van der Waals surface area contributed by atoms with E-state index in [2.05, 4.69) is 39.7 Å². The Hall–Kier alpha value is -2.15. The molecule has 2 heterocycles. The molecule has 146 valence electrons. The molecule has 1 aliphatic rings. The Morgan fingerprint density at radius 1 is 1.41 bits per heavy atom. The SMILES string of the molecule is CCNC(=NCc1csc(CC)n1)NC1CCCN(c2cccc(F)c2)C1. The molecular weight excluding hydrogens is 361 g/mol. The van der Waals surface area contributed by atoms with Crippen molar-refractivity contribution >= 4 is 23.0 Å². The van der Waals surface area contributed by atoms with E-state index in [0.717, 1.165) is 61.2 Å². The van der Waals surface area contributed by atoms with Gasteiger partial charge in [-0.3, -0.25) is 0 Å². The summed E-state index contributed by atoms with van der Waals surface area (Å²) in [6.07, 6.45) is 3.11. The second kappa shape index (κ2) is 9.69. The molecule has 0 radical (unpaired) electrons. The summed E-state index contributed by atoms with van der Waals surface area (Å²) in [5.74, 6) is 0.627. The summed E-state index contributed by atoms with van der Waals surface area (Å²) < 4.78 is 13.5. The van der Waals surface area contributed by atoms with Gasteiger partial charge in [-0.2, -0.15) is 0 Å². The van der Waals surface area contributed by atoms with Gasteiger partial charge in [-0.25, -0.2) is 14.4 Å². The Morgan fingerprint density at radius 3 is 3.04 bits per heavy atom. The third kappa shape index (κ3) is 5.66. The molecule has 0 bridgehead atoms. The van der Waals surface area contributed by atoms with Gasteiger partial charge in [0.15, 0.2) is 5.96 Å². The van der Waals surface area contributed by atoms with Gasteiger partial charge in [-0.05, 0) is 44.4 Å². The first kappa shape index (κ1) is 19.6. The monoisotopic (exact) mass is 389 g/mol. The third-order valence-corrected chi connectivity index (χ3v) is 5.62. The number of aliphatic imine (C=N–C) groups is 1. The van der Waals surface area contributed by atoms with Crippen molar-refractivity contribution < 1.29 is 4.39 Å². The predicted octanol–water partition coefficient (Wildman–Crippen LogP) is 3.57. The van der Waals surface area contributed by atoms with Crippen molar-refractivity contribution in [2.24, 2.45) is 4.99 Å². The second-order valence-electron chi connectivity index (χ2n) is 6.69. The Kier molecular flexibility index (Phi) is 7.04. The van der Waals surface area contributed by atoms with Crippen molar-refractivity contribution in [1.82, 2.24) is 15.6 Å². The number of nitrogens with one attached hydrogen (secondary N) is 2. The molecule has 0 amide bonds. The van der Waals surface area contributed by atoms with Crippen LogP contribution in [0.4, 0.5) is 10.1 Å². The second-order valence-corrected chi connectivity index (χ2v) is 7.63. The van der Waals surface area contributed by atoms with Gasteiger partial charge in [0.1, 0.15) is 5.82 Å². The summed E-state index contributed by atoms with van der Waals surface area (Å²) in [6, 6.07) is 7.11. The van der Waals surface area contributed by atoms with Crippen LogP contribution in [-0.4, -0.2) is 36.6 Å². The molecule has 2 N–H and O–H groups in total. The highest BCUT2D eigenvalue weighted by Crippen LogP contribution is 2.20. The van der Waals surface area contributed by atoms with Crippen LogP contribution in [0, 0.1) is 5.82 Å². The van der Waals surface area contributed by atoms with Gasteiger partial charge in [-0.15, -0.1) is 11.3 Å². The van der Waals surface area contributed by atoms with E-state index in [1.807, 2.05) is 6.07 Å². The van der Waals surface area contributed by atoms with Crippen LogP contribution in [0.2, 0.25) is 0 Å². The quantitative estimate of drug-likeness (QED) is 0.586. The van der Waals surface area contributed by atoms with E-state index in [9.17, 15) is 4.39 Å². The summed E-state index contributed by atoms with van der Waals surface area (Å²) in [5.41, 5.74) is 1.96. The molecule has 5 nitrogen and oxygen atoms in total. The van der Waals surface area contributed by atoms with Gasteiger partial charge in [0.25, 0.3) is 0 Å². The number of nitrogens with zero attached hydrogens (tertiary/aromatic N) is 3. The smallest absolute Gasteiger partial charge is 0.191 e. The number of piperidine rings is 1. The Morgan fingerprint density at radius 2 is 2.30 bits per heavy atom. The lowest BCUT2D eigenvalue weighted by Crippen LogP contribution is -2.51. The van der Waals surface area contributed by atoms with Gasteiger partial charge in [0.2, 0.25) is 0 Å². The lowest BCUT2D eigenvalue weighted by atomic mass is 10.0. The van der Waals surface area contributed by atoms with Crippen molar-refractivity contribution in [1.29, 1.82) is 0 Å². The summed E-state index contributed by atoms with van der Waals surface area (Å²) in [7, 11) is 0. The van der Waals surface area contributed by atoms with Crippen LogP contribution >= 0.6 is 11.3 Å². The maximum atomic E-state index is 13.5. The van der Waals surface area contributed by atoms with Crippen LogP contribution in [0.25, 0.3) is 0 Å². The van der Waals surface area contributed by atoms with Crippen molar-refractivity contribution in [2.75, 3.05) is 24.5 Å². The fourth-order valence-electron chi connectivity index (χ4n) is 3.26. The molecule has 7 heteroatoms. The summed E-state index contributed by atoms with van der Waals surface area (Å²) in [5, 5.41) is 10.1. The van der Waals surface area contributed by atoms with Crippen molar-refractivity contribution in [3.05, 3.63) is 46.2 Å². The topological polar surface area (TPSA) is 52.6 Å². The van der Waals surface area contributed by atoms with Crippen LogP contribution < -0.4 is 15.5 Å². The zero-order valence-corrected chi connectivity index (χ0v) is 16.9. The van der Waals surface area contributed by atoms with E-state index < -0.39 is 0 Å². The zero-order chi connectivity index (χ0) is 19.1. The molecule has 3 rings (SSSR count). The van der Waals surface area contributed by atoms with Crippen LogP contribution in [0.3, 0.4) is 0 Å². The van der Waals surface area contributed by atoms with Crippen LogP contribution in [0.5, 0.6) is 0 Å². The molecule has 1 aromatic carbocycles. The highest BCUT2D eigenvalue weighted by atomic mass is 32.1. The molecule has 1 saturated heterocycles. The normalized spacial score (nSPS) is 17.8. The van der Waals surface area contributed by atoms with E-state index in [1.165, 1.54) is 6.07 Å². The number of thiazole rings is 1. The Labute approximate surface area is 164 Å². The Balaban J connectivity index is 1.62. The van der Waals surface area contributed by atoms with Gasteiger partial charge >= 0.3 is 0 Å². The fourth-order valence-corrected chi connectivity index (χ4v) is 4.00. The molecule has 1 aliphatic heterocycles. The number of aryl methyl sites for hydroxylation is 1. The largest absolute Gasteiger partial charge is 0.369 e. The number of benzene rings is 1. The maximum absolute atomic E-state index is 13.5. The lowest BCUT2D eigenvalue weighted by Gasteiger charge is -2.35. The number of anilines is 1. The van der Waals surface area contributed by atoms with Gasteiger partial charge in [0.05, 0.1) is 17.2 Å². The van der Waals surface area contributed by atoms with Gasteiger partial charge in [-0.1, -0.05) is 13.0 Å². The molecule has 1 atom stereocenters. The molecule has 2 aromatic rings. The number of hydrogen-bond acceptors (Lipinski definition) is 4. The number of halogens is 1. The van der Waals surface area contributed by atoms with E-state index in [0.29, 0.717) is 6.54 Å². The van der Waals surface area contributed by atoms with Gasteiger partial charge < -0.3 is 15.5 Å². The molecule has 0 spiro atoms. The van der Waals surface area contributed by atoms with Crippen LogP contribution in [0.1, 0.15) is 37.4 Å². The molecule has 1 unspecified atom stereocenters. The molecule has 1 aromatic heterocycles. The van der Waals surface area contributed by atoms with E-state index in [1.54, 1.807) is 23.5 Å². The van der Waals surface area contributed by atoms with Gasteiger partial charge in [0, 0.05) is 36.7 Å². The van der Waals surface area contributed by atoms with Crippen LogP contribution in [0.15, 0.2) is 34.6 Å². The predicted molar refractivity (Wildman–Crippen MR) is 111 cm³/mol. The molecule has 0 saturated carbocycles. The minimum Gasteiger partial charge on any atom is -0.369 e. The first-order valence-corrected chi connectivity index (χ1v) is 10.5. The highest BCUT2D eigenvalue weighted by Gasteiger charge is 2.21. The molecule has 27 heavy (non-hydrogen) atoms. The fraction of sp³-hybridized carbons (Fsp3) is 0.500. The highest BCUT2D eigenvalue weighted by molar-refractivity contribution is 7.09. The van der Waals surface area contributed by atoms with E-state index in [4.69, 9.17) is 4.99 Å². The van der Waals surface area contributed by atoms with Crippen LogP contribution in [-0.2, 0) is 13.0 Å². The summed E-state index contributed by atoms with van der Waals surface area (Å²) in [4.78, 5) is 11.5. The summed E-state index contributed by atoms with van der Waals surface area (Å²) in [6.45, 7) is 7.36. The minimum atomic E-state index is -0.188. The standard InChI is InChI=1S/C20H28FN5S/c1-3-19-24-17(14-27-19)12-23-20(22-4-2)25-16-8-6-10-26(13-16)18-9-5-7-15(21)11-18/h5,7,9,11,14,16H,3-4,6,8,10,12-13H2,1-2H3,(H2,22,23,25). The number of aromatic nitrogens is 1. The molecule has 0 aliphatic carbocycles. The number of guanidine groups is 1. The average molecular weight is 390 g/mol.